The zero-order valence-corrected chi connectivity index (χ0v) is 19.1. The number of anilines is 1. The average Bonchev–Trinajstić information content (AvgIpc) is 2.89. The Morgan fingerprint density at radius 1 is 1.03 bits per heavy atom. The van der Waals surface area contributed by atoms with Gasteiger partial charge in [-0.25, -0.2) is 9.59 Å². The van der Waals surface area contributed by atoms with E-state index in [4.69, 9.17) is 4.74 Å². The number of alkyl carbamates (subject to hydrolysis) is 1. The molecule has 1 fully saturated rings. The molecule has 0 aromatic heterocycles. The number of hydrogen-bond acceptors (Lipinski definition) is 4. The molecule has 0 aliphatic heterocycles. The summed E-state index contributed by atoms with van der Waals surface area (Å²) in [6.07, 6.45) is 5.23. The van der Waals surface area contributed by atoms with Crippen LogP contribution in [0.15, 0.2) is 24.3 Å². The average molecular weight is 433 g/mol. The Morgan fingerprint density at radius 3 is 2.32 bits per heavy atom. The second-order valence-corrected chi connectivity index (χ2v) is 9.28. The first kappa shape index (κ1) is 24.5. The lowest BCUT2D eigenvalue weighted by molar-refractivity contribution is -0.120. The largest absolute Gasteiger partial charge is 0.444 e. The predicted octanol–water partition coefficient (Wildman–Crippen LogP) is 3.85. The summed E-state index contributed by atoms with van der Waals surface area (Å²) in [5, 5.41) is 11.1. The molecule has 0 saturated heterocycles. The lowest BCUT2D eigenvalue weighted by Gasteiger charge is -2.35. The van der Waals surface area contributed by atoms with Crippen LogP contribution in [0.2, 0.25) is 0 Å². The molecule has 4 amide bonds. The lowest BCUT2D eigenvalue weighted by atomic mass is 9.90. The molecule has 1 aromatic carbocycles. The van der Waals surface area contributed by atoms with E-state index in [0.29, 0.717) is 12.2 Å². The van der Waals surface area contributed by atoms with E-state index < -0.39 is 23.3 Å². The summed E-state index contributed by atoms with van der Waals surface area (Å²) in [6.45, 7) is 7.54. The number of amides is 4. The van der Waals surface area contributed by atoms with Crippen molar-refractivity contribution in [2.75, 3.05) is 18.4 Å². The number of rotatable bonds is 6. The number of ether oxygens (including phenoxy) is 1. The van der Waals surface area contributed by atoms with E-state index in [-0.39, 0.29) is 12.5 Å². The fourth-order valence-electron chi connectivity index (χ4n) is 3.66. The van der Waals surface area contributed by atoms with Crippen molar-refractivity contribution in [2.45, 2.75) is 77.4 Å². The number of aryl methyl sites for hydroxylation is 1. The molecular formula is C23H36N4O4. The maximum Gasteiger partial charge on any atom is 0.408 e. The first-order valence-electron chi connectivity index (χ1n) is 11.0. The topological polar surface area (TPSA) is 109 Å². The molecule has 0 bridgehead atoms. The van der Waals surface area contributed by atoms with Gasteiger partial charge in [-0.05, 0) is 58.2 Å². The summed E-state index contributed by atoms with van der Waals surface area (Å²) in [4.78, 5) is 36.8. The van der Waals surface area contributed by atoms with Gasteiger partial charge in [0.25, 0.3) is 0 Å². The van der Waals surface area contributed by atoms with Gasteiger partial charge < -0.3 is 26.0 Å². The molecule has 4 N–H and O–H groups in total. The SMILES string of the molecule is Cc1cccc(NC(=O)NCC(=O)NCC2(NC(=O)OC(C)(C)C)CCCCCC2)c1. The molecule has 8 heteroatoms. The van der Waals surface area contributed by atoms with Gasteiger partial charge in [0.15, 0.2) is 0 Å². The molecule has 1 saturated carbocycles. The Bertz CT molecular complexity index is 765. The van der Waals surface area contributed by atoms with Crippen LogP contribution in [0.5, 0.6) is 0 Å². The highest BCUT2D eigenvalue weighted by molar-refractivity contribution is 5.92. The van der Waals surface area contributed by atoms with Gasteiger partial charge >= 0.3 is 12.1 Å². The van der Waals surface area contributed by atoms with Gasteiger partial charge in [-0.15, -0.1) is 0 Å². The predicted molar refractivity (Wildman–Crippen MR) is 121 cm³/mol. The molecule has 1 aliphatic carbocycles. The van der Waals surface area contributed by atoms with Crippen molar-refractivity contribution in [3.63, 3.8) is 0 Å². The van der Waals surface area contributed by atoms with Crippen molar-refractivity contribution >= 4 is 23.7 Å². The smallest absolute Gasteiger partial charge is 0.408 e. The first-order valence-corrected chi connectivity index (χ1v) is 11.0. The normalized spacial score (nSPS) is 15.9. The Labute approximate surface area is 184 Å². The molecule has 31 heavy (non-hydrogen) atoms. The van der Waals surface area contributed by atoms with Crippen LogP contribution in [0.3, 0.4) is 0 Å². The van der Waals surface area contributed by atoms with E-state index in [1.807, 2.05) is 45.9 Å². The van der Waals surface area contributed by atoms with Crippen molar-refractivity contribution < 1.29 is 19.1 Å². The zero-order valence-electron chi connectivity index (χ0n) is 19.1. The number of carbonyl (C=O) groups is 3. The number of benzene rings is 1. The highest BCUT2D eigenvalue weighted by atomic mass is 16.6. The first-order chi connectivity index (χ1) is 14.6. The van der Waals surface area contributed by atoms with Crippen molar-refractivity contribution in [3.8, 4) is 0 Å². The van der Waals surface area contributed by atoms with Crippen LogP contribution < -0.4 is 21.3 Å². The van der Waals surface area contributed by atoms with Crippen LogP contribution in [0.1, 0.15) is 64.9 Å². The molecule has 0 radical (unpaired) electrons. The minimum Gasteiger partial charge on any atom is -0.444 e. The van der Waals surface area contributed by atoms with Crippen LogP contribution in [0.4, 0.5) is 15.3 Å². The van der Waals surface area contributed by atoms with Crippen LogP contribution in [-0.4, -0.2) is 42.3 Å². The van der Waals surface area contributed by atoms with Gasteiger partial charge in [0.1, 0.15) is 5.60 Å². The minimum atomic E-state index is -0.589. The maximum atomic E-state index is 12.4. The Hall–Kier alpha value is -2.77. The van der Waals surface area contributed by atoms with Crippen LogP contribution in [0.25, 0.3) is 0 Å². The third kappa shape index (κ3) is 9.27. The van der Waals surface area contributed by atoms with Gasteiger partial charge in [-0.3, -0.25) is 4.79 Å². The molecule has 0 spiro atoms. The summed E-state index contributed by atoms with van der Waals surface area (Å²) < 4.78 is 5.43. The summed E-state index contributed by atoms with van der Waals surface area (Å²) in [5.41, 5.74) is 0.560. The van der Waals surface area contributed by atoms with Gasteiger partial charge in [0, 0.05) is 12.2 Å². The van der Waals surface area contributed by atoms with Gasteiger partial charge in [-0.1, -0.05) is 37.8 Å². The molecule has 0 atom stereocenters. The number of urea groups is 1. The maximum absolute atomic E-state index is 12.4. The van der Waals surface area contributed by atoms with E-state index in [1.54, 1.807) is 6.07 Å². The molecule has 2 rings (SSSR count). The standard InChI is InChI=1S/C23H36N4O4/c1-17-10-9-11-18(14-17)26-20(29)24-15-19(28)25-16-23(12-7-5-6-8-13-23)27-21(30)31-22(2,3)4/h9-11,14H,5-8,12-13,15-16H2,1-4H3,(H,25,28)(H,27,30)(H2,24,26,29). The molecule has 0 heterocycles. The van der Waals surface area contributed by atoms with Crippen LogP contribution in [-0.2, 0) is 9.53 Å². The second kappa shape index (κ2) is 11.0. The summed E-state index contributed by atoms with van der Waals surface area (Å²) in [7, 11) is 0. The Balaban J connectivity index is 1.86. The quantitative estimate of drug-likeness (QED) is 0.512. The highest BCUT2D eigenvalue weighted by Gasteiger charge is 2.34. The molecule has 1 aliphatic rings. The fourth-order valence-corrected chi connectivity index (χ4v) is 3.66. The minimum absolute atomic E-state index is 0.153. The van der Waals surface area contributed by atoms with E-state index in [9.17, 15) is 14.4 Å². The number of nitrogens with one attached hydrogen (secondary N) is 4. The third-order valence-corrected chi connectivity index (χ3v) is 5.14. The Kier molecular flexibility index (Phi) is 8.71. The molecule has 1 aromatic rings. The van der Waals surface area contributed by atoms with Crippen molar-refractivity contribution in [2.24, 2.45) is 0 Å². The van der Waals surface area contributed by atoms with Gasteiger partial charge in [-0.2, -0.15) is 0 Å². The second-order valence-electron chi connectivity index (χ2n) is 9.28. The molecule has 8 nitrogen and oxygen atoms in total. The van der Waals surface area contributed by atoms with E-state index in [2.05, 4.69) is 21.3 Å². The van der Waals surface area contributed by atoms with Crippen LogP contribution in [0, 0.1) is 6.92 Å². The van der Waals surface area contributed by atoms with Gasteiger partial charge in [0.2, 0.25) is 5.91 Å². The van der Waals surface area contributed by atoms with Crippen molar-refractivity contribution in [3.05, 3.63) is 29.8 Å². The lowest BCUT2D eigenvalue weighted by Crippen LogP contribution is -2.57. The summed E-state index contributed by atoms with van der Waals surface area (Å²) in [5.74, 6) is -0.311. The Morgan fingerprint density at radius 2 is 1.71 bits per heavy atom. The van der Waals surface area contributed by atoms with Crippen molar-refractivity contribution in [1.29, 1.82) is 0 Å². The van der Waals surface area contributed by atoms with Crippen LogP contribution >= 0.6 is 0 Å². The third-order valence-electron chi connectivity index (χ3n) is 5.14. The summed E-state index contributed by atoms with van der Waals surface area (Å²) in [6, 6.07) is 6.96. The van der Waals surface area contributed by atoms with Gasteiger partial charge in [0.05, 0.1) is 12.1 Å². The van der Waals surface area contributed by atoms with E-state index in [1.165, 1.54) is 0 Å². The monoisotopic (exact) mass is 432 g/mol. The van der Waals surface area contributed by atoms with E-state index >= 15 is 0 Å². The molecule has 172 valence electrons. The number of hydrogen-bond donors (Lipinski definition) is 4. The highest BCUT2D eigenvalue weighted by Crippen LogP contribution is 2.27. The molecular weight excluding hydrogens is 396 g/mol. The number of carbonyl (C=O) groups excluding carboxylic acids is 3. The fraction of sp³-hybridized carbons (Fsp3) is 0.609. The van der Waals surface area contributed by atoms with E-state index in [0.717, 1.165) is 44.1 Å². The van der Waals surface area contributed by atoms with Crippen molar-refractivity contribution in [1.82, 2.24) is 16.0 Å². The molecule has 0 unspecified atom stereocenters. The zero-order chi connectivity index (χ0) is 22.9. The summed E-state index contributed by atoms with van der Waals surface area (Å²) >= 11 is 0.